The maximum atomic E-state index is 8.77. The van der Waals surface area contributed by atoms with E-state index in [2.05, 4.69) is 18.8 Å². The summed E-state index contributed by atoms with van der Waals surface area (Å²) in [5.41, 5.74) is 7.70. The van der Waals surface area contributed by atoms with Gasteiger partial charge in [-0.05, 0) is 23.6 Å². The molecular formula is C15H15N3O. The van der Waals surface area contributed by atoms with Gasteiger partial charge >= 0.3 is 0 Å². The summed E-state index contributed by atoms with van der Waals surface area (Å²) >= 11 is 0. The lowest BCUT2D eigenvalue weighted by Crippen LogP contribution is -1.99. The third kappa shape index (κ3) is 2.83. The van der Waals surface area contributed by atoms with Gasteiger partial charge in [-0.2, -0.15) is 5.26 Å². The molecule has 0 radical (unpaired) electrons. The zero-order valence-corrected chi connectivity index (χ0v) is 10.9. The van der Waals surface area contributed by atoms with Gasteiger partial charge in [-0.15, -0.1) is 0 Å². The van der Waals surface area contributed by atoms with Crippen LogP contribution in [0.3, 0.4) is 0 Å². The average molecular weight is 253 g/mol. The number of benzene rings is 1. The second-order valence-corrected chi connectivity index (χ2v) is 4.52. The van der Waals surface area contributed by atoms with Crippen molar-refractivity contribution in [3.8, 4) is 17.7 Å². The minimum Gasteiger partial charge on any atom is -0.437 e. The van der Waals surface area contributed by atoms with Crippen LogP contribution in [-0.2, 0) is 0 Å². The topological polar surface area (TPSA) is 71.9 Å². The Kier molecular flexibility index (Phi) is 3.67. The minimum absolute atomic E-state index is 0.326. The third-order valence-electron chi connectivity index (χ3n) is 2.76. The second-order valence-electron chi connectivity index (χ2n) is 4.52. The van der Waals surface area contributed by atoms with Gasteiger partial charge < -0.3 is 10.5 Å². The quantitative estimate of drug-likeness (QED) is 0.909. The standard InChI is InChI=1S/C15H15N3O/c1-10(2)12-5-3-4-6-14(12)19-15-13(17)7-11(8-16)9-18-15/h3-7,9-10H,17H2,1-2H3. The number of ether oxygens (including phenoxy) is 1. The van der Waals surface area contributed by atoms with E-state index in [1.165, 1.54) is 6.20 Å². The molecule has 0 atom stereocenters. The van der Waals surface area contributed by atoms with Crippen LogP contribution in [0.2, 0.25) is 0 Å². The minimum atomic E-state index is 0.326. The van der Waals surface area contributed by atoms with Crippen LogP contribution in [-0.4, -0.2) is 4.98 Å². The van der Waals surface area contributed by atoms with Gasteiger partial charge in [0.05, 0.1) is 11.3 Å². The zero-order chi connectivity index (χ0) is 13.8. The predicted molar refractivity (Wildman–Crippen MR) is 74.0 cm³/mol. The van der Waals surface area contributed by atoms with Crippen molar-refractivity contribution >= 4 is 5.69 Å². The normalized spacial score (nSPS) is 10.2. The highest BCUT2D eigenvalue weighted by molar-refractivity contribution is 5.54. The van der Waals surface area contributed by atoms with Crippen LogP contribution in [0, 0.1) is 11.3 Å². The number of hydrogen-bond donors (Lipinski definition) is 1. The summed E-state index contributed by atoms with van der Waals surface area (Å²) in [5, 5.41) is 8.77. The van der Waals surface area contributed by atoms with Crippen LogP contribution in [0.15, 0.2) is 36.5 Å². The molecule has 2 N–H and O–H groups in total. The molecule has 0 bridgehead atoms. The maximum absolute atomic E-state index is 8.77. The van der Waals surface area contributed by atoms with Crippen LogP contribution in [0.4, 0.5) is 5.69 Å². The van der Waals surface area contributed by atoms with Crippen molar-refractivity contribution in [2.45, 2.75) is 19.8 Å². The first kappa shape index (κ1) is 12.9. The van der Waals surface area contributed by atoms with E-state index in [9.17, 15) is 0 Å². The van der Waals surface area contributed by atoms with Gasteiger partial charge in [0.15, 0.2) is 0 Å². The highest BCUT2D eigenvalue weighted by atomic mass is 16.5. The second kappa shape index (κ2) is 5.40. The van der Waals surface area contributed by atoms with Crippen molar-refractivity contribution in [3.05, 3.63) is 47.7 Å². The molecule has 0 aliphatic heterocycles. The van der Waals surface area contributed by atoms with Gasteiger partial charge in [0.25, 0.3) is 0 Å². The van der Waals surface area contributed by atoms with Crippen molar-refractivity contribution < 1.29 is 4.74 Å². The number of nitrogens with zero attached hydrogens (tertiary/aromatic N) is 2. The van der Waals surface area contributed by atoms with Gasteiger partial charge in [-0.25, -0.2) is 4.98 Å². The van der Waals surface area contributed by atoms with E-state index in [0.717, 1.165) is 11.3 Å². The number of nitriles is 1. The number of anilines is 1. The first-order valence-corrected chi connectivity index (χ1v) is 6.04. The van der Waals surface area contributed by atoms with Crippen molar-refractivity contribution in [2.24, 2.45) is 0 Å². The number of para-hydroxylation sites is 1. The van der Waals surface area contributed by atoms with Crippen LogP contribution < -0.4 is 10.5 Å². The predicted octanol–water partition coefficient (Wildman–Crippen LogP) is 3.45. The molecule has 19 heavy (non-hydrogen) atoms. The first-order valence-electron chi connectivity index (χ1n) is 6.04. The van der Waals surface area contributed by atoms with Gasteiger partial charge in [0, 0.05) is 6.20 Å². The third-order valence-corrected chi connectivity index (χ3v) is 2.76. The van der Waals surface area contributed by atoms with E-state index in [0.29, 0.717) is 23.0 Å². The van der Waals surface area contributed by atoms with Crippen LogP contribution >= 0.6 is 0 Å². The van der Waals surface area contributed by atoms with Crippen LogP contribution in [0.25, 0.3) is 0 Å². The Morgan fingerprint density at radius 2 is 2.05 bits per heavy atom. The SMILES string of the molecule is CC(C)c1ccccc1Oc1ncc(C#N)cc1N. The molecule has 0 amide bonds. The molecule has 1 aromatic carbocycles. The van der Waals surface area contributed by atoms with Gasteiger partial charge in [-0.3, -0.25) is 0 Å². The fraction of sp³-hybridized carbons (Fsp3) is 0.200. The van der Waals surface area contributed by atoms with Gasteiger partial charge in [0.2, 0.25) is 5.88 Å². The zero-order valence-electron chi connectivity index (χ0n) is 10.9. The first-order chi connectivity index (χ1) is 9.11. The molecule has 0 fully saturated rings. The number of nitrogen functional groups attached to an aromatic ring is 1. The Morgan fingerprint density at radius 3 is 2.68 bits per heavy atom. The molecule has 0 saturated heterocycles. The van der Waals surface area contributed by atoms with E-state index in [4.69, 9.17) is 15.7 Å². The number of aromatic nitrogens is 1. The lowest BCUT2D eigenvalue weighted by atomic mass is 10.0. The molecular weight excluding hydrogens is 238 g/mol. The van der Waals surface area contributed by atoms with Crippen LogP contribution in [0.5, 0.6) is 11.6 Å². The van der Waals surface area contributed by atoms with Crippen molar-refractivity contribution in [3.63, 3.8) is 0 Å². The lowest BCUT2D eigenvalue weighted by molar-refractivity contribution is 0.457. The number of hydrogen-bond acceptors (Lipinski definition) is 4. The highest BCUT2D eigenvalue weighted by Crippen LogP contribution is 2.31. The Morgan fingerprint density at radius 1 is 1.32 bits per heavy atom. The molecule has 0 aliphatic carbocycles. The fourth-order valence-electron chi connectivity index (χ4n) is 1.77. The number of nitrogens with two attached hydrogens (primary N) is 1. The van der Waals surface area contributed by atoms with E-state index in [-0.39, 0.29) is 0 Å². The Bertz CT molecular complexity index is 630. The fourth-order valence-corrected chi connectivity index (χ4v) is 1.77. The summed E-state index contributed by atoms with van der Waals surface area (Å²) in [7, 11) is 0. The summed E-state index contributed by atoms with van der Waals surface area (Å²) in [6, 6.07) is 11.3. The highest BCUT2D eigenvalue weighted by Gasteiger charge is 2.10. The molecule has 1 aromatic heterocycles. The summed E-state index contributed by atoms with van der Waals surface area (Å²) in [5.74, 6) is 1.41. The average Bonchev–Trinajstić information content (AvgIpc) is 2.41. The molecule has 0 saturated carbocycles. The maximum Gasteiger partial charge on any atom is 0.242 e. The van der Waals surface area contributed by atoms with E-state index < -0.39 is 0 Å². The van der Waals surface area contributed by atoms with Crippen LogP contribution in [0.1, 0.15) is 30.9 Å². The molecule has 96 valence electrons. The summed E-state index contributed by atoms with van der Waals surface area (Å²) in [6.07, 6.45) is 1.45. The molecule has 1 heterocycles. The molecule has 0 aliphatic rings. The van der Waals surface area contributed by atoms with Crippen molar-refractivity contribution in [1.29, 1.82) is 5.26 Å². The number of pyridine rings is 1. The van der Waals surface area contributed by atoms with E-state index >= 15 is 0 Å². The summed E-state index contributed by atoms with van der Waals surface area (Å²) < 4.78 is 5.76. The van der Waals surface area contributed by atoms with Gasteiger partial charge in [-0.1, -0.05) is 32.0 Å². The number of rotatable bonds is 3. The largest absolute Gasteiger partial charge is 0.437 e. The molecule has 4 heteroatoms. The Labute approximate surface area is 112 Å². The smallest absolute Gasteiger partial charge is 0.242 e. The Hall–Kier alpha value is -2.54. The van der Waals surface area contributed by atoms with E-state index in [1.807, 2.05) is 30.3 Å². The Balaban J connectivity index is 2.34. The molecule has 2 rings (SSSR count). The van der Waals surface area contributed by atoms with Gasteiger partial charge in [0.1, 0.15) is 11.8 Å². The molecule has 4 nitrogen and oxygen atoms in total. The molecule has 0 spiro atoms. The lowest BCUT2D eigenvalue weighted by Gasteiger charge is -2.13. The van der Waals surface area contributed by atoms with Crippen molar-refractivity contribution in [2.75, 3.05) is 5.73 Å². The summed E-state index contributed by atoms with van der Waals surface area (Å²) in [4.78, 5) is 4.08. The molecule has 0 unspecified atom stereocenters. The summed E-state index contributed by atoms with van der Waals surface area (Å²) in [6.45, 7) is 4.19. The van der Waals surface area contributed by atoms with E-state index in [1.54, 1.807) is 6.07 Å². The monoisotopic (exact) mass is 253 g/mol. The molecule has 2 aromatic rings. The van der Waals surface area contributed by atoms with Crippen molar-refractivity contribution in [1.82, 2.24) is 4.98 Å².